The van der Waals surface area contributed by atoms with Gasteiger partial charge in [-0.1, -0.05) is 20.8 Å². The maximum Gasteiger partial charge on any atom is 0.228 e. The Morgan fingerprint density at radius 2 is 1.40 bits per heavy atom. The lowest BCUT2D eigenvalue weighted by Crippen LogP contribution is -2.52. The summed E-state index contributed by atoms with van der Waals surface area (Å²) in [5.74, 6) is 3.11. The van der Waals surface area contributed by atoms with E-state index in [0.717, 1.165) is 56.7 Å². The van der Waals surface area contributed by atoms with E-state index in [1.54, 1.807) is 0 Å². The van der Waals surface area contributed by atoms with Gasteiger partial charge in [-0.3, -0.25) is 4.79 Å². The normalized spacial score (nSPS) is 19.3. The van der Waals surface area contributed by atoms with Crippen LogP contribution in [-0.2, 0) is 4.79 Å². The molecule has 2 aliphatic heterocycles. The van der Waals surface area contributed by atoms with Gasteiger partial charge in [-0.25, -0.2) is 9.97 Å². The molecule has 3 heterocycles. The topological polar surface area (TPSA) is 52.6 Å². The zero-order valence-corrected chi connectivity index (χ0v) is 16.1. The first kappa shape index (κ1) is 18.0. The summed E-state index contributed by atoms with van der Waals surface area (Å²) < 4.78 is 0. The molecule has 0 aliphatic carbocycles. The number of aromatic nitrogens is 2. The molecule has 3 rings (SSSR count). The molecular formula is C19H31N5O. The highest BCUT2D eigenvalue weighted by Crippen LogP contribution is 2.24. The molecule has 1 aromatic rings. The maximum atomic E-state index is 12.5. The van der Waals surface area contributed by atoms with Crippen molar-refractivity contribution < 1.29 is 4.79 Å². The molecule has 2 saturated heterocycles. The van der Waals surface area contributed by atoms with E-state index in [4.69, 9.17) is 0 Å². The summed E-state index contributed by atoms with van der Waals surface area (Å²) in [6, 6.07) is 2.12. The monoisotopic (exact) mass is 345 g/mol. The van der Waals surface area contributed by atoms with E-state index in [9.17, 15) is 4.79 Å². The second-order valence-electron chi connectivity index (χ2n) is 8.21. The smallest absolute Gasteiger partial charge is 0.228 e. The number of piperazine rings is 1. The fourth-order valence-corrected chi connectivity index (χ4v) is 3.60. The molecule has 1 aromatic heterocycles. The van der Waals surface area contributed by atoms with E-state index in [-0.39, 0.29) is 11.3 Å². The molecule has 0 bridgehead atoms. The van der Waals surface area contributed by atoms with E-state index in [1.165, 1.54) is 19.3 Å². The summed E-state index contributed by atoms with van der Waals surface area (Å²) in [6.07, 6.45) is 3.80. The van der Waals surface area contributed by atoms with Crippen LogP contribution in [0.2, 0.25) is 0 Å². The lowest BCUT2D eigenvalue weighted by atomic mass is 9.94. The lowest BCUT2D eigenvalue weighted by Gasteiger charge is -2.38. The van der Waals surface area contributed by atoms with Gasteiger partial charge >= 0.3 is 0 Å². The molecule has 0 atom stereocenters. The van der Waals surface area contributed by atoms with Crippen molar-refractivity contribution in [3.05, 3.63) is 11.9 Å². The van der Waals surface area contributed by atoms with Crippen LogP contribution in [-0.4, -0.2) is 60.0 Å². The number of rotatable bonds is 2. The Hall–Kier alpha value is -1.85. The zero-order valence-electron chi connectivity index (χ0n) is 16.1. The van der Waals surface area contributed by atoms with E-state index in [2.05, 4.69) is 25.8 Å². The summed E-state index contributed by atoms with van der Waals surface area (Å²) in [6.45, 7) is 13.3. The minimum absolute atomic E-state index is 0.236. The molecule has 0 radical (unpaired) electrons. The van der Waals surface area contributed by atoms with Gasteiger partial charge in [0.25, 0.3) is 0 Å². The van der Waals surface area contributed by atoms with Gasteiger partial charge < -0.3 is 14.7 Å². The van der Waals surface area contributed by atoms with E-state index in [0.29, 0.717) is 0 Å². The van der Waals surface area contributed by atoms with Crippen LogP contribution < -0.4 is 9.80 Å². The Morgan fingerprint density at radius 1 is 0.880 bits per heavy atom. The average Bonchev–Trinajstić information content (AvgIpc) is 2.61. The van der Waals surface area contributed by atoms with E-state index in [1.807, 2.05) is 32.6 Å². The Morgan fingerprint density at radius 3 is 1.92 bits per heavy atom. The Bertz CT molecular complexity index is 611. The van der Waals surface area contributed by atoms with Crippen molar-refractivity contribution in [2.45, 2.75) is 47.0 Å². The molecule has 0 spiro atoms. The Labute approximate surface area is 151 Å². The van der Waals surface area contributed by atoms with Crippen molar-refractivity contribution in [1.29, 1.82) is 0 Å². The first-order chi connectivity index (χ1) is 11.8. The predicted octanol–water partition coefficient (Wildman–Crippen LogP) is 2.47. The van der Waals surface area contributed by atoms with E-state index < -0.39 is 0 Å². The number of nitrogens with zero attached hydrogens (tertiary/aromatic N) is 5. The fourth-order valence-electron chi connectivity index (χ4n) is 3.60. The first-order valence-electron chi connectivity index (χ1n) is 9.49. The summed E-state index contributed by atoms with van der Waals surface area (Å²) in [7, 11) is 0. The van der Waals surface area contributed by atoms with Gasteiger partial charge in [0.15, 0.2) is 0 Å². The van der Waals surface area contributed by atoms with Gasteiger partial charge in [-0.15, -0.1) is 0 Å². The van der Waals surface area contributed by atoms with E-state index >= 15 is 0 Å². The first-order valence-corrected chi connectivity index (χ1v) is 9.49. The van der Waals surface area contributed by atoms with Crippen LogP contribution in [0.25, 0.3) is 0 Å². The minimum Gasteiger partial charge on any atom is -0.356 e. The third-order valence-electron chi connectivity index (χ3n) is 5.02. The zero-order chi connectivity index (χ0) is 18.0. The molecular weight excluding hydrogens is 314 g/mol. The third-order valence-corrected chi connectivity index (χ3v) is 5.02. The predicted molar refractivity (Wildman–Crippen MR) is 101 cm³/mol. The van der Waals surface area contributed by atoms with Gasteiger partial charge in [0.2, 0.25) is 5.91 Å². The maximum absolute atomic E-state index is 12.5. The average molecular weight is 345 g/mol. The van der Waals surface area contributed by atoms with Gasteiger partial charge in [-0.05, 0) is 26.2 Å². The van der Waals surface area contributed by atoms with Crippen molar-refractivity contribution in [1.82, 2.24) is 14.9 Å². The Kier molecular flexibility index (Phi) is 5.16. The van der Waals surface area contributed by atoms with Crippen LogP contribution in [0, 0.1) is 12.3 Å². The quantitative estimate of drug-likeness (QED) is 0.824. The Balaban J connectivity index is 1.69. The number of anilines is 2. The van der Waals surface area contributed by atoms with Crippen molar-refractivity contribution in [3.8, 4) is 0 Å². The molecule has 2 aliphatic rings. The summed E-state index contributed by atoms with van der Waals surface area (Å²) in [5.41, 5.74) is -0.310. The number of carbonyl (C=O) groups excluding carboxylic acids is 1. The second kappa shape index (κ2) is 7.18. The van der Waals surface area contributed by atoms with Crippen LogP contribution in [0.4, 0.5) is 11.6 Å². The molecule has 0 unspecified atom stereocenters. The van der Waals surface area contributed by atoms with Crippen LogP contribution in [0.15, 0.2) is 6.07 Å². The summed E-state index contributed by atoms with van der Waals surface area (Å²) >= 11 is 0. The summed E-state index contributed by atoms with van der Waals surface area (Å²) in [5, 5.41) is 0. The largest absolute Gasteiger partial charge is 0.356 e. The van der Waals surface area contributed by atoms with Crippen molar-refractivity contribution in [2.75, 3.05) is 49.1 Å². The molecule has 1 amide bonds. The molecule has 0 saturated carbocycles. The summed E-state index contributed by atoms with van der Waals surface area (Å²) in [4.78, 5) is 28.4. The molecule has 6 heteroatoms. The van der Waals surface area contributed by atoms with Crippen LogP contribution in [0.3, 0.4) is 0 Å². The number of hydrogen-bond acceptors (Lipinski definition) is 5. The molecule has 0 N–H and O–H groups in total. The molecule has 138 valence electrons. The third kappa shape index (κ3) is 4.22. The van der Waals surface area contributed by atoms with Crippen molar-refractivity contribution >= 4 is 17.5 Å². The lowest BCUT2D eigenvalue weighted by molar-refractivity contribution is -0.139. The highest BCUT2D eigenvalue weighted by atomic mass is 16.2. The van der Waals surface area contributed by atoms with Crippen LogP contribution in [0.1, 0.15) is 45.9 Å². The minimum atomic E-state index is -0.310. The van der Waals surface area contributed by atoms with Gasteiger partial charge in [0, 0.05) is 50.7 Å². The number of aryl methyl sites for hydroxylation is 1. The van der Waals surface area contributed by atoms with Gasteiger partial charge in [0.05, 0.1) is 0 Å². The highest BCUT2D eigenvalue weighted by Gasteiger charge is 2.30. The number of piperidine rings is 1. The standard InChI is InChI=1S/C19H31N5O/c1-15-20-16(22-8-6-5-7-9-22)14-17(21-15)23-10-12-24(13-11-23)18(25)19(2,3)4/h14H,5-13H2,1-4H3. The molecule has 0 aromatic carbocycles. The number of carbonyl (C=O) groups is 1. The van der Waals surface area contributed by atoms with Gasteiger partial charge in [-0.2, -0.15) is 0 Å². The second-order valence-corrected chi connectivity index (χ2v) is 8.21. The van der Waals surface area contributed by atoms with Crippen molar-refractivity contribution in [2.24, 2.45) is 5.41 Å². The van der Waals surface area contributed by atoms with Crippen LogP contribution in [0.5, 0.6) is 0 Å². The SMILES string of the molecule is Cc1nc(N2CCCCC2)cc(N2CCN(C(=O)C(C)(C)C)CC2)n1. The van der Waals surface area contributed by atoms with Crippen LogP contribution >= 0.6 is 0 Å². The number of amides is 1. The molecule has 2 fully saturated rings. The molecule has 6 nitrogen and oxygen atoms in total. The highest BCUT2D eigenvalue weighted by molar-refractivity contribution is 5.81. The van der Waals surface area contributed by atoms with Crippen molar-refractivity contribution in [3.63, 3.8) is 0 Å². The number of hydrogen-bond donors (Lipinski definition) is 0. The van der Waals surface area contributed by atoms with Gasteiger partial charge in [0.1, 0.15) is 17.5 Å². The molecule has 25 heavy (non-hydrogen) atoms. The fraction of sp³-hybridized carbons (Fsp3) is 0.737.